The van der Waals surface area contributed by atoms with Gasteiger partial charge in [0, 0.05) is 32.8 Å². The minimum Gasteiger partial charge on any atom is -0.444 e. The third kappa shape index (κ3) is 7.04. The zero-order chi connectivity index (χ0) is 20.0. The molecule has 2 amide bonds. The predicted octanol–water partition coefficient (Wildman–Crippen LogP) is 3.94. The Balaban J connectivity index is 1.88. The van der Waals surface area contributed by atoms with E-state index < -0.39 is 5.60 Å². The first-order valence-corrected chi connectivity index (χ1v) is 9.31. The number of carbonyl (C=O) groups is 2. The summed E-state index contributed by atoms with van der Waals surface area (Å²) in [6.07, 6.45) is 4.75. The highest BCUT2D eigenvalue weighted by Gasteiger charge is 2.26. The first-order chi connectivity index (χ1) is 12.6. The van der Waals surface area contributed by atoms with Crippen molar-refractivity contribution in [2.24, 2.45) is 5.92 Å². The van der Waals surface area contributed by atoms with Gasteiger partial charge in [0.05, 0.1) is 0 Å². The second kappa shape index (κ2) is 9.02. The Morgan fingerprint density at radius 1 is 1.30 bits per heavy atom. The maximum Gasteiger partial charge on any atom is 0.410 e. The van der Waals surface area contributed by atoms with Gasteiger partial charge in [-0.05, 0) is 63.3 Å². The fourth-order valence-corrected chi connectivity index (χ4v) is 3.06. The summed E-state index contributed by atoms with van der Waals surface area (Å²) in [7, 11) is 1.73. The van der Waals surface area contributed by atoms with E-state index >= 15 is 0 Å². The molecule has 0 bridgehead atoms. The third-order valence-corrected chi connectivity index (χ3v) is 4.36. The summed E-state index contributed by atoms with van der Waals surface area (Å²) in [5.41, 5.74) is 0.258. The Kier molecular flexibility index (Phi) is 6.99. The molecule has 1 aliphatic heterocycles. The first-order valence-electron chi connectivity index (χ1n) is 9.31. The van der Waals surface area contributed by atoms with E-state index in [2.05, 4.69) is 0 Å². The topological polar surface area (TPSA) is 49.9 Å². The number of nitrogens with zero attached hydrogens (tertiary/aromatic N) is 2. The van der Waals surface area contributed by atoms with Crippen molar-refractivity contribution >= 4 is 18.1 Å². The van der Waals surface area contributed by atoms with Gasteiger partial charge in [-0.15, -0.1) is 0 Å². The smallest absolute Gasteiger partial charge is 0.410 e. The summed E-state index contributed by atoms with van der Waals surface area (Å²) in [6, 6.07) is 6.00. The molecule has 0 aliphatic carbocycles. The van der Waals surface area contributed by atoms with E-state index in [0.29, 0.717) is 19.6 Å². The van der Waals surface area contributed by atoms with E-state index in [4.69, 9.17) is 4.74 Å². The number of carbonyl (C=O) groups excluding carboxylic acids is 2. The predicted molar refractivity (Wildman–Crippen MR) is 104 cm³/mol. The Hall–Kier alpha value is -2.37. The average Bonchev–Trinajstić information content (AvgIpc) is 2.59. The number of hydrogen-bond acceptors (Lipinski definition) is 3. The van der Waals surface area contributed by atoms with Crippen LogP contribution in [0.4, 0.5) is 9.18 Å². The summed E-state index contributed by atoms with van der Waals surface area (Å²) in [5.74, 6) is -0.144. The van der Waals surface area contributed by atoms with E-state index in [1.807, 2.05) is 20.8 Å². The van der Waals surface area contributed by atoms with Crippen LogP contribution in [-0.4, -0.2) is 54.1 Å². The molecule has 148 valence electrons. The van der Waals surface area contributed by atoms with Crippen LogP contribution in [0.15, 0.2) is 30.3 Å². The Morgan fingerprint density at radius 3 is 2.59 bits per heavy atom. The fourth-order valence-electron chi connectivity index (χ4n) is 3.06. The van der Waals surface area contributed by atoms with Crippen molar-refractivity contribution < 1.29 is 18.7 Å². The van der Waals surface area contributed by atoms with E-state index in [0.717, 1.165) is 18.4 Å². The van der Waals surface area contributed by atoms with Gasteiger partial charge in [0.25, 0.3) is 0 Å². The molecule has 27 heavy (non-hydrogen) atoms. The summed E-state index contributed by atoms with van der Waals surface area (Å²) < 4.78 is 18.3. The maximum atomic E-state index is 12.9. The highest BCUT2D eigenvalue weighted by Crippen LogP contribution is 2.19. The highest BCUT2D eigenvalue weighted by molar-refractivity contribution is 5.91. The molecular weight excluding hydrogens is 347 g/mol. The molecule has 1 aliphatic rings. The summed E-state index contributed by atoms with van der Waals surface area (Å²) in [5, 5.41) is 0. The minimum atomic E-state index is -0.523. The van der Waals surface area contributed by atoms with E-state index in [1.165, 1.54) is 18.2 Å². The van der Waals surface area contributed by atoms with Crippen molar-refractivity contribution in [3.05, 3.63) is 41.7 Å². The molecule has 0 radical (unpaired) electrons. The van der Waals surface area contributed by atoms with Crippen molar-refractivity contribution in [3.8, 4) is 0 Å². The third-order valence-electron chi connectivity index (χ3n) is 4.36. The molecule has 0 N–H and O–H groups in total. The fraction of sp³-hybridized carbons (Fsp3) is 0.524. The SMILES string of the molecule is CN(CC1CCCN(C(=O)C=Cc2ccc(F)cc2)C1)C(=O)OC(C)(C)C. The van der Waals surface area contributed by atoms with Gasteiger partial charge in [-0.25, -0.2) is 9.18 Å². The Morgan fingerprint density at radius 2 is 1.96 bits per heavy atom. The van der Waals surface area contributed by atoms with Gasteiger partial charge >= 0.3 is 6.09 Å². The monoisotopic (exact) mass is 376 g/mol. The first kappa shape index (κ1) is 20.9. The van der Waals surface area contributed by atoms with Crippen LogP contribution in [0.2, 0.25) is 0 Å². The molecule has 1 saturated heterocycles. The second-order valence-electron chi connectivity index (χ2n) is 8.04. The quantitative estimate of drug-likeness (QED) is 0.748. The molecule has 6 heteroatoms. The standard InChI is InChI=1S/C21H29FN2O3/c1-21(2,3)27-20(26)23(4)14-17-6-5-13-24(15-17)19(25)12-9-16-7-10-18(22)11-8-16/h7-12,17H,5-6,13-15H2,1-4H3. The molecule has 1 atom stereocenters. The van der Waals surface area contributed by atoms with Crippen LogP contribution in [-0.2, 0) is 9.53 Å². The lowest BCUT2D eigenvalue weighted by Gasteiger charge is -2.34. The molecule has 0 spiro atoms. The van der Waals surface area contributed by atoms with Crippen LogP contribution in [0.25, 0.3) is 6.08 Å². The van der Waals surface area contributed by atoms with Crippen LogP contribution in [0.3, 0.4) is 0 Å². The van der Waals surface area contributed by atoms with E-state index in [1.54, 1.807) is 35.1 Å². The number of halogens is 1. The summed E-state index contributed by atoms with van der Waals surface area (Å²) in [6.45, 7) is 7.40. The van der Waals surface area contributed by atoms with Gasteiger partial charge in [-0.3, -0.25) is 4.79 Å². The zero-order valence-corrected chi connectivity index (χ0v) is 16.6. The molecule has 1 heterocycles. The van der Waals surface area contributed by atoms with Gasteiger partial charge in [0.15, 0.2) is 0 Å². The largest absolute Gasteiger partial charge is 0.444 e. The van der Waals surface area contributed by atoms with Crippen LogP contribution in [0.5, 0.6) is 0 Å². The average molecular weight is 376 g/mol. The normalized spacial score (nSPS) is 17.8. The molecule has 1 fully saturated rings. The van der Waals surface area contributed by atoms with Crippen LogP contribution < -0.4 is 0 Å². The number of hydrogen-bond donors (Lipinski definition) is 0. The number of amides is 2. The van der Waals surface area contributed by atoms with Crippen LogP contribution >= 0.6 is 0 Å². The molecule has 1 aromatic carbocycles. The van der Waals surface area contributed by atoms with E-state index in [-0.39, 0.29) is 23.7 Å². The number of rotatable bonds is 4. The Bertz CT molecular complexity index is 680. The lowest BCUT2D eigenvalue weighted by Crippen LogP contribution is -2.44. The van der Waals surface area contributed by atoms with Crippen molar-refractivity contribution in [2.45, 2.75) is 39.2 Å². The minimum absolute atomic E-state index is 0.0658. The Labute approximate surface area is 160 Å². The zero-order valence-electron chi connectivity index (χ0n) is 16.6. The van der Waals surface area contributed by atoms with Crippen molar-refractivity contribution in [3.63, 3.8) is 0 Å². The van der Waals surface area contributed by atoms with Crippen LogP contribution in [0.1, 0.15) is 39.2 Å². The van der Waals surface area contributed by atoms with Gasteiger partial charge in [-0.1, -0.05) is 12.1 Å². The number of likely N-dealkylation sites (tertiary alicyclic amines) is 1. The van der Waals surface area contributed by atoms with Gasteiger partial charge < -0.3 is 14.5 Å². The molecule has 0 aromatic heterocycles. The molecule has 1 unspecified atom stereocenters. The number of ether oxygens (including phenoxy) is 1. The van der Waals surface area contributed by atoms with Gasteiger partial charge in [-0.2, -0.15) is 0 Å². The molecule has 0 saturated carbocycles. The van der Waals surface area contributed by atoms with Gasteiger partial charge in [0.1, 0.15) is 11.4 Å². The highest BCUT2D eigenvalue weighted by atomic mass is 19.1. The number of piperidine rings is 1. The van der Waals surface area contributed by atoms with Crippen molar-refractivity contribution in [2.75, 3.05) is 26.7 Å². The molecule has 1 aromatic rings. The maximum absolute atomic E-state index is 12.9. The van der Waals surface area contributed by atoms with Crippen LogP contribution in [0, 0.1) is 11.7 Å². The second-order valence-corrected chi connectivity index (χ2v) is 8.04. The lowest BCUT2D eigenvalue weighted by atomic mass is 9.97. The summed E-state index contributed by atoms with van der Waals surface area (Å²) >= 11 is 0. The lowest BCUT2D eigenvalue weighted by molar-refractivity contribution is -0.127. The van der Waals surface area contributed by atoms with Crippen molar-refractivity contribution in [1.29, 1.82) is 0 Å². The van der Waals surface area contributed by atoms with Crippen molar-refractivity contribution in [1.82, 2.24) is 9.80 Å². The molecular formula is C21H29FN2O3. The summed E-state index contributed by atoms with van der Waals surface area (Å²) in [4.78, 5) is 28.0. The number of benzene rings is 1. The van der Waals surface area contributed by atoms with Gasteiger partial charge in [0.2, 0.25) is 5.91 Å². The van der Waals surface area contributed by atoms with E-state index in [9.17, 15) is 14.0 Å². The molecule has 5 nitrogen and oxygen atoms in total. The molecule has 2 rings (SSSR count).